The van der Waals surface area contributed by atoms with Crippen LogP contribution in [0, 0.1) is 5.92 Å². The molecule has 0 bridgehead atoms. The van der Waals surface area contributed by atoms with Crippen molar-refractivity contribution in [1.29, 1.82) is 0 Å². The molecule has 0 radical (unpaired) electrons. The maximum atomic E-state index is 12.7. The number of nitrogens with zero attached hydrogens (tertiary/aromatic N) is 1. The zero-order chi connectivity index (χ0) is 22.2. The molecule has 3 aliphatic rings. The summed E-state index contributed by atoms with van der Waals surface area (Å²) < 4.78 is 27.5. The minimum absolute atomic E-state index is 0.295. The van der Waals surface area contributed by atoms with Gasteiger partial charge in [0.25, 0.3) is 10.0 Å². The summed E-state index contributed by atoms with van der Waals surface area (Å²) in [7, 11) is -3.88. The van der Waals surface area contributed by atoms with Crippen LogP contribution in [0.2, 0.25) is 0 Å². The van der Waals surface area contributed by atoms with Crippen LogP contribution >= 0.6 is 0 Å². The van der Waals surface area contributed by atoms with Crippen LogP contribution in [0.3, 0.4) is 0 Å². The Morgan fingerprint density at radius 2 is 1.77 bits per heavy atom. The Balaban J connectivity index is 1.46. The van der Waals surface area contributed by atoms with Gasteiger partial charge < -0.3 is 5.32 Å². The van der Waals surface area contributed by atoms with Gasteiger partial charge in [-0.3, -0.25) is 4.90 Å². The number of sulfonamides is 1. The Bertz CT molecular complexity index is 968. The summed E-state index contributed by atoms with van der Waals surface area (Å²) in [6, 6.07) is 1.62. The van der Waals surface area contributed by atoms with Crippen LogP contribution in [-0.4, -0.2) is 38.0 Å². The molecule has 1 aromatic rings. The van der Waals surface area contributed by atoms with Crippen LogP contribution in [0.25, 0.3) is 0 Å². The second-order valence-corrected chi connectivity index (χ2v) is 11.5. The molecule has 7 heteroatoms. The van der Waals surface area contributed by atoms with Crippen LogP contribution in [0.5, 0.6) is 0 Å². The van der Waals surface area contributed by atoms with E-state index in [1.54, 1.807) is 6.08 Å². The Kier molecular flexibility index (Phi) is 6.19. The van der Waals surface area contributed by atoms with Crippen molar-refractivity contribution in [2.75, 3.05) is 18.4 Å². The fourth-order valence-electron chi connectivity index (χ4n) is 5.48. The van der Waals surface area contributed by atoms with Gasteiger partial charge in [0.2, 0.25) is 0 Å². The highest BCUT2D eigenvalue weighted by molar-refractivity contribution is 7.92. The molecule has 6 nitrogen and oxygen atoms in total. The molecule has 0 aromatic heterocycles. The molecule has 1 atom stereocenters. The summed E-state index contributed by atoms with van der Waals surface area (Å²) in [6.45, 7) is 8.31. The van der Waals surface area contributed by atoms with Gasteiger partial charge in [-0.2, -0.15) is 0 Å². The van der Waals surface area contributed by atoms with Crippen LogP contribution in [0.1, 0.15) is 68.7 Å². The molecule has 1 aliphatic heterocycles. The lowest BCUT2D eigenvalue weighted by molar-refractivity contribution is 0.181. The van der Waals surface area contributed by atoms with E-state index in [0.717, 1.165) is 70.1 Å². The first kappa shape index (κ1) is 22.3. The molecule has 1 saturated heterocycles. The molecule has 0 saturated carbocycles. The average Bonchev–Trinajstić information content (AvgIpc) is 3.40. The molecule has 1 heterocycles. The predicted octanol–water partition coefficient (Wildman–Crippen LogP) is 4.14. The zero-order valence-corrected chi connectivity index (χ0v) is 19.8. The van der Waals surface area contributed by atoms with Gasteiger partial charge in [0, 0.05) is 23.2 Å². The number of aryl methyl sites for hydroxylation is 2. The number of amides is 2. The van der Waals surface area contributed by atoms with E-state index in [0.29, 0.717) is 5.92 Å². The predicted molar refractivity (Wildman–Crippen MR) is 125 cm³/mol. The molecule has 2 amide bonds. The number of urea groups is 1. The number of anilines is 1. The summed E-state index contributed by atoms with van der Waals surface area (Å²) in [6.07, 6.45) is 9.82. The van der Waals surface area contributed by atoms with Crippen molar-refractivity contribution in [2.45, 2.75) is 77.7 Å². The second-order valence-electron chi connectivity index (χ2n) is 9.94. The standard InChI is InChI=1S/C24H35N3O3S/c1-17(2)16-27-13-6-11-24(27,3)12-14-31(29,30)26-23(28)25-22-20-9-4-7-18(20)15-19-8-5-10-21(19)22/h12,14-15,17H,4-11,13,16H2,1-3H3,(H2,25,26,28)/b14-12+. The summed E-state index contributed by atoms with van der Waals surface area (Å²) >= 11 is 0. The topological polar surface area (TPSA) is 78.5 Å². The summed E-state index contributed by atoms with van der Waals surface area (Å²) in [4.78, 5) is 15.0. The van der Waals surface area contributed by atoms with Gasteiger partial charge in [0.05, 0.1) is 0 Å². The van der Waals surface area contributed by atoms with E-state index in [-0.39, 0.29) is 5.54 Å². The Morgan fingerprint density at radius 1 is 1.13 bits per heavy atom. The largest absolute Gasteiger partial charge is 0.333 e. The third kappa shape index (κ3) is 4.82. The maximum Gasteiger partial charge on any atom is 0.333 e. The number of hydrogen-bond acceptors (Lipinski definition) is 4. The molecule has 2 aliphatic carbocycles. The monoisotopic (exact) mass is 445 g/mol. The molecule has 1 unspecified atom stereocenters. The van der Waals surface area contributed by atoms with E-state index in [1.165, 1.54) is 27.7 Å². The van der Waals surface area contributed by atoms with Gasteiger partial charge in [0.15, 0.2) is 0 Å². The van der Waals surface area contributed by atoms with E-state index in [2.05, 4.69) is 41.8 Å². The lowest BCUT2D eigenvalue weighted by Crippen LogP contribution is -2.42. The Labute approximate surface area is 186 Å². The number of benzene rings is 1. The van der Waals surface area contributed by atoms with Crippen LogP contribution in [-0.2, 0) is 35.7 Å². The first-order valence-electron chi connectivity index (χ1n) is 11.6. The van der Waals surface area contributed by atoms with Gasteiger partial charge in [-0.15, -0.1) is 0 Å². The minimum atomic E-state index is -3.88. The van der Waals surface area contributed by atoms with Gasteiger partial charge >= 0.3 is 6.03 Å². The van der Waals surface area contributed by atoms with E-state index >= 15 is 0 Å². The van der Waals surface area contributed by atoms with Gasteiger partial charge in [0.1, 0.15) is 0 Å². The lowest BCUT2D eigenvalue weighted by Gasteiger charge is -2.33. The number of hydrogen-bond donors (Lipinski definition) is 2. The number of rotatable bonds is 6. The van der Waals surface area contributed by atoms with Crippen molar-refractivity contribution in [3.8, 4) is 0 Å². The zero-order valence-electron chi connectivity index (χ0n) is 19.0. The number of carbonyl (C=O) groups excluding carboxylic acids is 1. The molecule has 170 valence electrons. The molecule has 1 aromatic carbocycles. The van der Waals surface area contributed by atoms with Gasteiger partial charge in [-0.05, 0) is 93.0 Å². The molecular weight excluding hydrogens is 410 g/mol. The maximum absolute atomic E-state index is 12.7. The highest BCUT2D eigenvalue weighted by Crippen LogP contribution is 2.38. The van der Waals surface area contributed by atoms with E-state index in [1.807, 2.05) is 0 Å². The molecule has 31 heavy (non-hydrogen) atoms. The Hall–Kier alpha value is -1.86. The summed E-state index contributed by atoms with van der Waals surface area (Å²) in [5, 5.41) is 4.07. The quantitative estimate of drug-likeness (QED) is 0.690. The molecule has 1 fully saturated rings. The first-order chi connectivity index (χ1) is 14.7. The van der Waals surface area contributed by atoms with E-state index < -0.39 is 16.1 Å². The molecule has 4 rings (SSSR count). The van der Waals surface area contributed by atoms with Crippen molar-refractivity contribution in [3.63, 3.8) is 0 Å². The van der Waals surface area contributed by atoms with Crippen molar-refractivity contribution >= 4 is 21.7 Å². The lowest BCUT2D eigenvalue weighted by atomic mass is 9.98. The molecule has 0 spiro atoms. The summed E-state index contributed by atoms with van der Waals surface area (Å²) in [5.74, 6) is 0.515. The third-order valence-corrected chi connectivity index (χ3v) is 7.94. The van der Waals surface area contributed by atoms with E-state index in [4.69, 9.17) is 0 Å². The van der Waals surface area contributed by atoms with Crippen molar-refractivity contribution in [3.05, 3.63) is 39.8 Å². The fourth-order valence-corrected chi connectivity index (χ4v) is 6.33. The molecular formula is C24H35N3O3S. The number of likely N-dealkylation sites (tertiary alicyclic amines) is 1. The smallest absolute Gasteiger partial charge is 0.307 e. The normalized spacial score (nSPS) is 23.5. The fraction of sp³-hybridized carbons (Fsp3) is 0.625. The van der Waals surface area contributed by atoms with E-state index in [9.17, 15) is 13.2 Å². The third-order valence-electron chi connectivity index (χ3n) is 6.97. The molecule has 2 N–H and O–H groups in total. The SMILES string of the molecule is CC(C)CN1CCCC1(C)/C=C/S(=O)(=O)NC(=O)Nc1c2c(cc3c1CCC3)CCC2. The van der Waals surface area contributed by atoms with Crippen molar-refractivity contribution in [2.24, 2.45) is 5.92 Å². The number of fused-ring (bicyclic) bond motifs is 2. The average molecular weight is 446 g/mol. The highest BCUT2D eigenvalue weighted by atomic mass is 32.2. The number of carbonyl (C=O) groups is 1. The number of nitrogens with one attached hydrogen (secondary N) is 2. The Morgan fingerprint density at radius 3 is 2.39 bits per heavy atom. The minimum Gasteiger partial charge on any atom is -0.307 e. The summed E-state index contributed by atoms with van der Waals surface area (Å²) in [5.41, 5.74) is 5.54. The highest BCUT2D eigenvalue weighted by Gasteiger charge is 2.35. The van der Waals surface area contributed by atoms with Crippen LogP contribution < -0.4 is 10.0 Å². The van der Waals surface area contributed by atoms with Crippen LogP contribution in [0.15, 0.2) is 17.6 Å². The van der Waals surface area contributed by atoms with Crippen molar-refractivity contribution < 1.29 is 13.2 Å². The van der Waals surface area contributed by atoms with Crippen molar-refractivity contribution in [1.82, 2.24) is 9.62 Å². The van der Waals surface area contributed by atoms with Gasteiger partial charge in [-0.25, -0.2) is 17.9 Å². The second kappa shape index (κ2) is 8.58. The first-order valence-corrected chi connectivity index (χ1v) is 13.2. The van der Waals surface area contributed by atoms with Gasteiger partial charge in [-0.1, -0.05) is 26.0 Å². The van der Waals surface area contributed by atoms with Crippen LogP contribution in [0.4, 0.5) is 10.5 Å².